The SMILES string of the molecule is O=C1CCCN1CC(=O)N1CCCC(c2nc3ccccc3o2)C1. The smallest absolute Gasteiger partial charge is 0.242 e. The Labute approximate surface area is 140 Å². The molecule has 2 saturated heterocycles. The maximum Gasteiger partial charge on any atom is 0.242 e. The molecule has 24 heavy (non-hydrogen) atoms. The lowest BCUT2D eigenvalue weighted by atomic mass is 9.98. The largest absolute Gasteiger partial charge is 0.440 e. The Morgan fingerprint density at radius 3 is 2.92 bits per heavy atom. The highest BCUT2D eigenvalue weighted by Crippen LogP contribution is 2.29. The van der Waals surface area contributed by atoms with Gasteiger partial charge in [-0.25, -0.2) is 4.98 Å². The number of oxazole rings is 1. The summed E-state index contributed by atoms with van der Waals surface area (Å²) in [6.07, 6.45) is 3.33. The minimum atomic E-state index is 0.0334. The predicted molar refractivity (Wildman–Crippen MR) is 88.4 cm³/mol. The number of rotatable bonds is 3. The van der Waals surface area contributed by atoms with Gasteiger partial charge < -0.3 is 14.2 Å². The molecule has 6 heteroatoms. The minimum absolute atomic E-state index is 0.0334. The quantitative estimate of drug-likeness (QED) is 0.866. The van der Waals surface area contributed by atoms with Crippen LogP contribution in [-0.2, 0) is 9.59 Å². The van der Waals surface area contributed by atoms with Crippen molar-refractivity contribution in [1.29, 1.82) is 0 Å². The lowest BCUT2D eigenvalue weighted by molar-refractivity contribution is -0.139. The van der Waals surface area contributed by atoms with Crippen molar-refractivity contribution in [1.82, 2.24) is 14.8 Å². The van der Waals surface area contributed by atoms with E-state index < -0.39 is 0 Å². The highest BCUT2D eigenvalue weighted by molar-refractivity contribution is 5.86. The molecule has 1 unspecified atom stereocenters. The van der Waals surface area contributed by atoms with Gasteiger partial charge in [-0.3, -0.25) is 9.59 Å². The molecule has 6 nitrogen and oxygen atoms in total. The summed E-state index contributed by atoms with van der Waals surface area (Å²) < 4.78 is 5.87. The lowest BCUT2D eigenvalue weighted by Gasteiger charge is -2.32. The molecule has 0 radical (unpaired) electrons. The van der Waals surface area contributed by atoms with Gasteiger partial charge in [0.25, 0.3) is 0 Å². The maximum absolute atomic E-state index is 12.5. The third-order valence-electron chi connectivity index (χ3n) is 4.93. The molecule has 2 aliphatic rings. The number of benzene rings is 1. The number of likely N-dealkylation sites (tertiary alicyclic amines) is 2. The van der Waals surface area contributed by atoms with Gasteiger partial charge in [-0.2, -0.15) is 0 Å². The van der Waals surface area contributed by atoms with Crippen molar-refractivity contribution >= 4 is 22.9 Å². The highest BCUT2D eigenvalue weighted by Gasteiger charge is 2.30. The summed E-state index contributed by atoms with van der Waals surface area (Å²) in [5.74, 6) is 0.970. The van der Waals surface area contributed by atoms with E-state index in [1.165, 1.54) is 0 Å². The molecule has 3 heterocycles. The maximum atomic E-state index is 12.5. The van der Waals surface area contributed by atoms with Gasteiger partial charge in [-0.1, -0.05) is 12.1 Å². The van der Waals surface area contributed by atoms with Gasteiger partial charge in [-0.05, 0) is 31.4 Å². The van der Waals surface area contributed by atoms with Gasteiger partial charge >= 0.3 is 0 Å². The summed E-state index contributed by atoms with van der Waals surface area (Å²) in [4.78, 5) is 32.3. The van der Waals surface area contributed by atoms with Crippen molar-refractivity contribution in [2.24, 2.45) is 0 Å². The molecule has 0 spiro atoms. The Bertz CT molecular complexity index is 737. The second-order valence-electron chi connectivity index (χ2n) is 6.62. The molecule has 2 aromatic rings. The van der Waals surface area contributed by atoms with Gasteiger partial charge in [0.15, 0.2) is 11.5 Å². The molecule has 0 N–H and O–H groups in total. The molecule has 2 aliphatic heterocycles. The topological polar surface area (TPSA) is 66.7 Å². The predicted octanol–water partition coefficient (Wildman–Crippen LogP) is 2.16. The highest BCUT2D eigenvalue weighted by atomic mass is 16.3. The zero-order valence-electron chi connectivity index (χ0n) is 13.6. The minimum Gasteiger partial charge on any atom is -0.440 e. The fraction of sp³-hybridized carbons (Fsp3) is 0.500. The normalized spacial score (nSPS) is 21.7. The van der Waals surface area contributed by atoms with E-state index in [9.17, 15) is 9.59 Å². The van der Waals surface area contributed by atoms with E-state index >= 15 is 0 Å². The third kappa shape index (κ3) is 2.88. The van der Waals surface area contributed by atoms with Crippen LogP contribution >= 0.6 is 0 Å². The van der Waals surface area contributed by atoms with Crippen LogP contribution in [0.15, 0.2) is 28.7 Å². The summed E-state index contributed by atoms with van der Waals surface area (Å²) in [5.41, 5.74) is 1.65. The number of aromatic nitrogens is 1. The van der Waals surface area contributed by atoms with Crippen LogP contribution in [0.2, 0.25) is 0 Å². The van der Waals surface area contributed by atoms with Crippen LogP contribution in [0.5, 0.6) is 0 Å². The fourth-order valence-corrected chi connectivity index (χ4v) is 3.60. The van der Waals surface area contributed by atoms with E-state index in [1.807, 2.05) is 29.2 Å². The van der Waals surface area contributed by atoms with E-state index in [-0.39, 0.29) is 24.3 Å². The third-order valence-corrected chi connectivity index (χ3v) is 4.93. The molecule has 0 saturated carbocycles. The Morgan fingerprint density at radius 1 is 1.25 bits per heavy atom. The zero-order chi connectivity index (χ0) is 16.5. The van der Waals surface area contributed by atoms with Crippen molar-refractivity contribution < 1.29 is 14.0 Å². The van der Waals surface area contributed by atoms with Gasteiger partial charge in [0.2, 0.25) is 11.8 Å². The van der Waals surface area contributed by atoms with Crippen molar-refractivity contribution in [2.75, 3.05) is 26.2 Å². The first-order valence-electron chi connectivity index (χ1n) is 8.62. The monoisotopic (exact) mass is 327 g/mol. The number of fused-ring (bicyclic) bond motifs is 1. The van der Waals surface area contributed by atoms with Crippen molar-refractivity contribution in [3.63, 3.8) is 0 Å². The number of amides is 2. The fourth-order valence-electron chi connectivity index (χ4n) is 3.60. The van der Waals surface area contributed by atoms with E-state index in [1.54, 1.807) is 4.90 Å². The van der Waals surface area contributed by atoms with Gasteiger partial charge in [0, 0.05) is 26.1 Å². The molecular weight excluding hydrogens is 306 g/mol. The number of piperidine rings is 1. The van der Waals surface area contributed by atoms with Crippen molar-refractivity contribution in [2.45, 2.75) is 31.6 Å². The van der Waals surface area contributed by atoms with Crippen LogP contribution < -0.4 is 0 Å². The van der Waals surface area contributed by atoms with Crippen LogP contribution in [0.25, 0.3) is 11.1 Å². The second-order valence-corrected chi connectivity index (χ2v) is 6.62. The van der Waals surface area contributed by atoms with Gasteiger partial charge in [0.05, 0.1) is 12.5 Å². The molecule has 1 atom stereocenters. The first kappa shape index (κ1) is 15.2. The first-order chi connectivity index (χ1) is 11.7. The molecule has 2 amide bonds. The number of para-hydroxylation sites is 2. The van der Waals surface area contributed by atoms with Crippen molar-refractivity contribution in [3.8, 4) is 0 Å². The van der Waals surface area contributed by atoms with Crippen LogP contribution in [-0.4, -0.2) is 52.8 Å². The first-order valence-corrected chi connectivity index (χ1v) is 8.62. The molecule has 1 aromatic heterocycles. The van der Waals surface area contributed by atoms with E-state index in [0.29, 0.717) is 25.4 Å². The standard InChI is InChI=1S/C18H21N3O3/c22-16-8-4-10-21(16)12-17(23)20-9-3-5-13(11-20)18-19-14-6-1-2-7-15(14)24-18/h1-2,6-7,13H,3-5,8-12H2. The molecular formula is C18H21N3O3. The molecule has 4 rings (SSSR count). The van der Waals surface area contributed by atoms with E-state index in [4.69, 9.17) is 4.42 Å². The van der Waals surface area contributed by atoms with Crippen LogP contribution in [0.4, 0.5) is 0 Å². The molecule has 0 aliphatic carbocycles. The lowest BCUT2D eigenvalue weighted by Crippen LogP contribution is -2.45. The summed E-state index contributed by atoms with van der Waals surface area (Å²) in [6.45, 7) is 2.28. The average molecular weight is 327 g/mol. The summed E-state index contributed by atoms with van der Waals surface area (Å²) in [6, 6.07) is 7.73. The van der Waals surface area contributed by atoms with Crippen molar-refractivity contribution in [3.05, 3.63) is 30.2 Å². The number of hydrogen-bond acceptors (Lipinski definition) is 4. The molecule has 0 bridgehead atoms. The number of carbonyl (C=O) groups excluding carboxylic acids is 2. The van der Waals surface area contributed by atoms with Crippen LogP contribution in [0.3, 0.4) is 0 Å². The van der Waals surface area contributed by atoms with Crippen LogP contribution in [0.1, 0.15) is 37.5 Å². The Balaban J connectivity index is 1.45. The zero-order valence-corrected chi connectivity index (χ0v) is 13.6. The second kappa shape index (κ2) is 6.26. The molecule has 1 aromatic carbocycles. The van der Waals surface area contributed by atoms with Gasteiger partial charge in [0.1, 0.15) is 5.52 Å². The van der Waals surface area contributed by atoms with Crippen LogP contribution in [0, 0.1) is 0 Å². The Hall–Kier alpha value is -2.37. The average Bonchev–Trinajstić information content (AvgIpc) is 3.21. The molecule has 2 fully saturated rings. The Kier molecular flexibility index (Phi) is 3.96. The van der Waals surface area contributed by atoms with E-state index in [0.717, 1.165) is 36.9 Å². The number of nitrogens with zero attached hydrogens (tertiary/aromatic N) is 3. The Morgan fingerprint density at radius 2 is 2.12 bits per heavy atom. The summed E-state index contributed by atoms with van der Waals surface area (Å²) >= 11 is 0. The number of hydrogen-bond donors (Lipinski definition) is 0. The molecule has 126 valence electrons. The summed E-state index contributed by atoms with van der Waals surface area (Å²) in [7, 11) is 0. The summed E-state index contributed by atoms with van der Waals surface area (Å²) in [5, 5.41) is 0. The number of carbonyl (C=O) groups is 2. The van der Waals surface area contributed by atoms with E-state index in [2.05, 4.69) is 4.98 Å². The van der Waals surface area contributed by atoms with Gasteiger partial charge in [-0.15, -0.1) is 0 Å².